The van der Waals surface area contributed by atoms with E-state index in [0.29, 0.717) is 10.8 Å². The van der Waals surface area contributed by atoms with Crippen molar-refractivity contribution in [2.75, 3.05) is 6.54 Å². The maximum absolute atomic E-state index is 12.8. The monoisotopic (exact) mass is 396 g/mol. The fourth-order valence-electron chi connectivity index (χ4n) is 4.21. The number of carbonyl (C=O) groups excluding carboxylic acids is 1. The Morgan fingerprint density at radius 3 is 2.46 bits per heavy atom. The molecule has 4 rings (SSSR count). The number of hydrogen-bond acceptors (Lipinski definition) is 4. The molecule has 3 aliphatic rings. The molecule has 1 aliphatic heterocycles. The predicted molar refractivity (Wildman–Crippen MR) is 103 cm³/mol. The SMILES string of the molecule is O=C(C1CCC1)N1CCc2sc(S(=O)(=O)NC3CCCCCC3)cc2C1. The summed E-state index contributed by atoms with van der Waals surface area (Å²) in [5, 5.41) is 0. The molecule has 2 saturated carbocycles. The zero-order valence-corrected chi connectivity index (χ0v) is 16.8. The van der Waals surface area contributed by atoms with Crippen molar-refractivity contribution in [1.29, 1.82) is 0 Å². The first-order valence-electron chi connectivity index (χ1n) is 9.95. The molecule has 1 amide bonds. The Hall–Kier alpha value is -0.920. The largest absolute Gasteiger partial charge is 0.338 e. The van der Waals surface area contributed by atoms with E-state index in [9.17, 15) is 13.2 Å². The number of amides is 1. The first-order chi connectivity index (χ1) is 12.5. The molecule has 1 N–H and O–H groups in total. The summed E-state index contributed by atoms with van der Waals surface area (Å²) in [5.74, 6) is 0.462. The van der Waals surface area contributed by atoms with Gasteiger partial charge < -0.3 is 4.90 Å². The lowest BCUT2D eigenvalue weighted by atomic mass is 9.84. The van der Waals surface area contributed by atoms with Crippen LogP contribution in [0.15, 0.2) is 10.3 Å². The highest BCUT2D eigenvalue weighted by atomic mass is 32.2. The van der Waals surface area contributed by atoms with Crippen molar-refractivity contribution in [3.8, 4) is 0 Å². The zero-order chi connectivity index (χ0) is 18.1. The smallest absolute Gasteiger partial charge is 0.250 e. The number of fused-ring (bicyclic) bond motifs is 1. The standard InChI is InChI=1S/C19H28N2O3S2/c22-19(14-6-5-7-14)21-11-10-17-15(13-21)12-18(25-17)26(23,24)20-16-8-3-1-2-4-9-16/h12,14,16,20H,1-11,13H2. The molecule has 2 aliphatic carbocycles. The van der Waals surface area contributed by atoms with Crippen LogP contribution in [0.5, 0.6) is 0 Å². The van der Waals surface area contributed by atoms with Crippen LogP contribution in [0.3, 0.4) is 0 Å². The molecule has 7 heteroatoms. The molecular weight excluding hydrogens is 368 g/mol. The molecule has 0 unspecified atom stereocenters. The Labute approximate surface area is 160 Å². The van der Waals surface area contributed by atoms with Crippen LogP contribution in [0.25, 0.3) is 0 Å². The molecule has 0 aromatic carbocycles. The van der Waals surface area contributed by atoms with Gasteiger partial charge in [-0.1, -0.05) is 32.1 Å². The van der Waals surface area contributed by atoms with Crippen molar-refractivity contribution in [3.05, 3.63) is 16.5 Å². The van der Waals surface area contributed by atoms with Crippen LogP contribution in [-0.4, -0.2) is 31.8 Å². The van der Waals surface area contributed by atoms with Gasteiger partial charge in [-0.15, -0.1) is 11.3 Å². The Morgan fingerprint density at radius 1 is 1.08 bits per heavy atom. The maximum Gasteiger partial charge on any atom is 0.250 e. The van der Waals surface area contributed by atoms with Crippen molar-refractivity contribution in [1.82, 2.24) is 9.62 Å². The summed E-state index contributed by atoms with van der Waals surface area (Å²) in [7, 11) is -3.45. The lowest BCUT2D eigenvalue weighted by Crippen LogP contribution is -2.41. The second-order valence-corrected chi connectivity index (χ2v) is 11.0. The van der Waals surface area contributed by atoms with E-state index in [-0.39, 0.29) is 17.9 Å². The van der Waals surface area contributed by atoms with Crippen LogP contribution in [0.2, 0.25) is 0 Å². The summed E-state index contributed by atoms with van der Waals surface area (Å²) in [6, 6.07) is 1.87. The average molecular weight is 397 g/mol. The summed E-state index contributed by atoms with van der Waals surface area (Å²) >= 11 is 1.39. The van der Waals surface area contributed by atoms with E-state index in [1.807, 2.05) is 4.90 Å². The Balaban J connectivity index is 1.45. The van der Waals surface area contributed by atoms with Gasteiger partial charge >= 0.3 is 0 Å². The topological polar surface area (TPSA) is 66.5 Å². The molecule has 144 valence electrons. The van der Waals surface area contributed by atoms with Gasteiger partial charge in [0, 0.05) is 29.9 Å². The van der Waals surface area contributed by atoms with Gasteiger partial charge in [-0.25, -0.2) is 13.1 Å². The molecule has 1 aromatic heterocycles. The molecule has 26 heavy (non-hydrogen) atoms. The van der Waals surface area contributed by atoms with E-state index >= 15 is 0 Å². The summed E-state index contributed by atoms with van der Waals surface area (Å²) in [5.41, 5.74) is 1.02. The fourth-order valence-corrected chi connectivity index (χ4v) is 7.08. The normalized spacial score (nSPS) is 22.5. The Bertz CT molecular complexity index is 760. The molecule has 5 nitrogen and oxygen atoms in total. The van der Waals surface area contributed by atoms with Gasteiger partial charge in [0.25, 0.3) is 0 Å². The van der Waals surface area contributed by atoms with Gasteiger partial charge in [0.05, 0.1) is 0 Å². The molecular formula is C19H28N2O3S2. The highest BCUT2D eigenvalue weighted by Gasteiger charge is 2.33. The van der Waals surface area contributed by atoms with Gasteiger partial charge in [-0.3, -0.25) is 4.79 Å². The van der Waals surface area contributed by atoms with Crippen molar-refractivity contribution >= 4 is 27.3 Å². The minimum absolute atomic E-state index is 0.0679. The lowest BCUT2D eigenvalue weighted by molar-refractivity contribution is -0.139. The first-order valence-corrected chi connectivity index (χ1v) is 12.3. The molecule has 0 atom stereocenters. The van der Waals surface area contributed by atoms with Gasteiger partial charge in [0.2, 0.25) is 15.9 Å². The fraction of sp³-hybridized carbons (Fsp3) is 0.737. The maximum atomic E-state index is 12.8. The minimum atomic E-state index is -3.45. The van der Waals surface area contributed by atoms with E-state index in [2.05, 4.69) is 4.72 Å². The van der Waals surface area contributed by atoms with E-state index in [1.54, 1.807) is 6.07 Å². The van der Waals surface area contributed by atoms with E-state index in [4.69, 9.17) is 0 Å². The third-order valence-corrected chi connectivity index (χ3v) is 9.28. The molecule has 2 fully saturated rings. The minimum Gasteiger partial charge on any atom is -0.338 e. The molecule has 0 bridgehead atoms. The summed E-state index contributed by atoms with van der Waals surface area (Å²) in [4.78, 5) is 15.5. The van der Waals surface area contributed by atoms with Crippen LogP contribution in [0.4, 0.5) is 0 Å². The van der Waals surface area contributed by atoms with Crippen LogP contribution >= 0.6 is 11.3 Å². The predicted octanol–water partition coefficient (Wildman–Crippen LogP) is 3.43. The van der Waals surface area contributed by atoms with Gasteiger partial charge in [0.1, 0.15) is 4.21 Å². The summed E-state index contributed by atoms with van der Waals surface area (Å²) < 4.78 is 29.0. The lowest BCUT2D eigenvalue weighted by Gasteiger charge is -2.33. The van der Waals surface area contributed by atoms with E-state index in [1.165, 1.54) is 24.2 Å². The Kier molecular flexibility index (Phi) is 5.39. The number of thiophene rings is 1. The van der Waals surface area contributed by atoms with Crippen LogP contribution in [0.1, 0.15) is 68.2 Å². The number of nitrogens with one attached hydrogen (secondary N) is 1. The van der Waals surface area contributed by atoms with Crippen molar-refractivity contribution < 1.29 is 13.2 Å². The molecule has 2 heterocycles. The number of sulfonamides is 1. The third kappa shape index (κ3) is 3.85. The highest BCUT2D eigenvalue weighted by molar-refractivity contribution is 7.91. The number of hydrogen-bond donors (Lipinski definition) is 1. The van der Waals surface area contributed by atoms with Crippen LogP contribution < -0.4 is 4.72 Å². The van der Waals surface area contributed by atoms with Gasteiger partial charge in [-0.05, 0) is 43.7 Å². The van der Waals surface area contributed by atoms with Crippen LogP contribution in [-0.2, 0) is 27.8 Å². The number of nitrogens with zero attached hydrogens (tertiary/aromatic N) is 1. The summed E-state index contributed by atoms with van der Waals surface area (Å²) in [6.07, 6.45) is 10.4. The van der Waals surface area contributed by atoms with Crippen molar-refractivity contribution in [3.63, 3.8) is 0 Å². The third-order valence-electron chi connectivity index (χ3n) is 6.05. The van der Waals surface area contributed by atoms with Crippen LogP contribution in [0, 0.1) is 5.92 Å². The Morgan fingerprint density at radius 2 is 1.81 bits per heavy atom. The summed E-state index contributed by atoms with van der Waals surface area (Å²) in [6.45, 7) is 1.29. The second-order valence-electron chi connectivity index (χ2n) is 7.96. The van der Waals surface area contributed by atoms with E-state index < -0.39 is 10.0 Å². The van der Waals surface area contributed by atoms with Gasteiger partial charge in [-0.2, -0.15) is 0 Å². The van der Waals surface area contributed by atoms with E-state index in [0.717, 1.165) is 68.4 Å². The quantitative estimate of drug-likeness (QED) is 0.793. The average Bonchev–Trinajstić information content (AvgIpc) is 2.84. The zero-order valence-electron chi connectivity index (χ0n) is 15.2. The van der Waals surface area contributed by atoms with Crippen molar-refractivity contribution in [2.45, 2.75) is 81.0 Å². The number of rotatable bonds is 4. The second kappa shape index (κ2) is 7.60. The number of carbonyl (C=O) groups is 1. The molecule has 0 radical (unpaired) electrons. The first kappa shape index (κ1) is 18.4. The molecule has 1 aromatic rings. The molecule has 0 spiro atoms. The van der Waals surface area contributed by atoms with Crippen molar-refractivity contribution in [2.24, 2.45) is 5.92 Å². The molecule has 0 saturated heterocycles. The highest BCUT2D eigenvalue weighted by Crippen LogP contribution is 2.34. The van der Waals surface area contributed by atoms with Gasteiger partial charge in [0.15, 0.2) is 0 Å².